The number of carbonyl (C=O) groups excluding carboxylic acids is 1. The summed E-state index contributed by atoms with van der Waals surface area (Å²) in [5, 5.41) is 0. The van der Waals surface area contributed by atoms with E-state index in [4.69, 9.17) is 9.47 Å². The predicted molar refractivity (Wildman–Crippen MR) is 132 cm³/mol. The van der Waals surface area contributed by atoms with Gasteiger partial charge in [0, 0.05) is 37.4 Å². The Balaban J connectivity index is 1.37. The van der Waals surface area contributed by atoms with E-state index in [0.717, 1.165) is 56.1 Å². The minimum Gasteiger partial charge on any atom is -0.497 e. The van der Waals surface area contributed by atoms with Crippen LogP contribution < -0.4 is 14.4 Å². The molecule has 2 fully saturated rings. The molecule has 178 valence electrons. The Morgan fingerprint density at radius 1 is 0.970 bits per heavy atom. The Hall–Kier alpha value is -2.73. The summed E-state index contributed by atoms with van der Waals surface area (Å²) in [5.74, 6) is 1.76. The monoisotopic (exact) mass is 451 g/mol. The molecule has 0 radical (unpaired) electrons. The zero-order valence-electron chi connectivity index (χ0n) is 20.3. The highest BCUT2D eigenvalue weighted by atomic mass is 16.5. The van der Waals surface area contributed by atoms with Gasteiger partial charge < -0.3 is 19.3 Å². The van der Waals surface area contributed by atoms with Crippen LogP contribution in [0.2, 0.25) is 0 Å². The summed E-state index contributed by atoms with van der Waals surface area (Å²) >= 11 is 0. The fourth-order valence-electron chi connectivity index (χ4n) is 5.14. The lowest BCUT2D eigenvalue weighted by Crippen LogP contribution is -2.38. The zero-order chi connectivity index (χ0) is 23.2. The van der Waals surface area contributed by atoms with Gasteiger partial charge in [-0.05, 0) is 75.0 Å². The van der Waals surface area contributed by atoms with Gasteiger partial charge in [0.15, 0.2) is 0 Å². The fourth-order valence-corrected chi connectivity index (χ4v) is 5.14. The molecule has 33 heavy (non-hydrogen) atoms. The number of rotatable bonds is 8. The molecule has 0 bridgehead atoms. The number of likely N-dealkylation sites (N-methyl/N-ethyl adjacent to an activating group) is 1. The van der Waals surface area contributed by atoms with Gasteiger partial charge in [-0.2, -0.15) is 0 Å². The average molecular weight is 452 g/mol. The molecule has 0 aliphatic carbocycles. The number of amides is 1. The van der Waals surface area contributed by atoms with Crippen molar-refractivity contribution in [2.75, 3.05) is 52.3 Å². The van der Waals surface area contributed by atoms with Crippen molar-refractivity contribution in [3.05, 3.63) is 53.6 Å². The molecule has 2 aliphatic rings. The Morgan fingerprint density at radius 2 is 1.73 bits per heavy atom. The van der Waals surface area contributed by atoms with Crippen LogP contribution >= 0.6 is 0 Å². The average Bonchev–Trinajstić information content (AvgIpc) is 3.34. The summed E-state index contributed by atoms with van der Waals surface area (Å²) in [6, 6.07) is 14.7. The first-order valence-corrected chi connectivity index (χ1v) is 12.1. The molecular weight excluding hydrogens is 414 g/mol. The third-order valence-electron chi connectivity index (χ3n) is 6.88. The summed E-state index contributed by atoms with van der Waals surface area (Å²) < 4.78 is 11.0. The maximum Gasteiger partial charge on any atom is 0.237 e. The molecule has 0 saturated carbocycles. The van der Waals surface area contributed by atoms with Crippen LogP contribution in [-0.4, -0.2) is 63.2 Å². The fraction of sp³-hybridized carbons (Fsp3) is 0.519. The number of methoxy groups -OCH3 is 2. The number of carbonyl (C=O) groups is 1. The van der Waals surface area contributed by atoms with E-state index in [1.54, 1.807) is 14.2 Å². The standard InChI is InChI=1S/C27H37N3O3/c1-28(19-21-9-11-22(12-10-21)29-15-5-4-6-16-29)20-27(31)30-17-7-8-25(30)24-18-23(32-2)13-14-26(24)33-3/h9-14,18,25H,4-8,15-17,19-20H2,1-3H3. The third kappa shape index (κ3) is 5.61. The van der Waals surface area contributed by atoms with E-state index < -0.39 is 0 Å². The minimum absolute atomic E-state index is 0.0276. The van der Waals surface area contributed by atoms with Gasteiger partial charge in [-0.15, -0.1) is 0 Å². The molecule has 1 unspecified atom stereocenters. The van der Waals surface area contributed by atoms with Crippen LogP contribution in [0.25, 0.3) is 0 Å². The van der Waals surface area contributed by atoms with E-state index in [0.29, 0.717) is 6.54 Å². The number of hydrogen-bond acceptors (Lipinski definition) is 5. The Kier molecular flexibility index (Phi) is 7.76. The molecular formula is C27H37N3O3. The van der Waals surface area contributed by atoms with Gasteiger partial charge in [-0.3, -0.25) is 9.69 Å². The molecule has 2 aromatic rings. The molecule has 0 N–H and O–H groups in total. The summed E-state index contributed by atoms with van der Waals surface area (Å²) in [6.45, 7) is 4.25. The summed E-state index contributed by atoms with van der Waals surface area (Å²) in [6.07, 6.45) is 5.85. The molecule has 1 atom stereocenters. The Bertz CT molecular complexity index is 925. The van der Waals surface area contributed by atoms with E-state index in [2.05, 4.69) is 34.1 Å². The molecule has 2 aliphatic heterocycles. The topological polar surface area (TPSA) is 45.3 Å². The smallest absolute Gasteiger partial charge is 0.237 e. The Morgan fingerprint density at radius 3 is 2.42 bits per heavy atom. The predicted octanol–water partition coefficient (Wildman–Crippen LogP) is 4.49. The third-order valence-corrected chi connectivity index (χ3v) is 6.88. The van der Waals surface area contributed by atoms with Crippen molar-refractivity contribution in [3.63, 3.8) is 0 Å². The van der Waals surface area contributed by atoms with Crippen molar-refractivity contribution in [3.8, 4) is 11.5 Å². The number of benzene rings is 2. The second-order valence-electron chi connectivity index (χ2n) is 9.24. The number of anilines is 1. The van der Waals surface area contributed by atoms with Crippen molar-refractivity contribution in [2.24, 2.45) is 0 Å². The molecule has 2 saturated heterocycles. The SMILES string of the molecule is COc1ccc(OC)c(C2CCCN2C(=O)CN(C)Cc2ccc(N3CCCCC3)cc2)c1. The summed E-state index contributed by atoms with van der Waals surface area (Å²) in [7, 11) is 5.36. The first kappa shape index (κ1) is 23.4. The van der Waals surface area contributed by atoms with Gasteiger partial charge >= 0.3 is 0 Å². The largest absolute Gasteiger partial charge is 0.497 e. The second kappa shape index (κ2) is 10.9. The lowest BCUT2D eigenvalue weighted by Gasteiger charge is -2.29. The highest BCUT2D eigenvalue weighted by molar-refractivity contribution is 5.79. The zero-order valence-corrected chi connectivity index (χ0v) is 20.3. The molecule has 0 aromatic heterocycles. The van der Waals surface area contributed by atoms with Crippen molar-refractivity contribution >= 4 is 11.6 Å². The lowest BCUT2D eigenvalue weighted by atomic mass is 10.0. The molecule has 2 heterocycles. The van der Waals surface area contributed by atoms with Crippen LogP contribution in [0.5, 0.6) is 11.5 Å². The van der Waals surface area contributed by atoms with Crippen LogP contribution in [0.3, 0.4) is 0 Å². The van der Waals surface area contributed by atoms with Crippen LogP contribution in [0.1, 0.15) is 49.3 Å². The summed E-state index contributed by atoms with van der Waals surface area (Å²) in [5.41, 5.74) is 3.57. The van der Waals surface area contributed by atoms with Gasteiger partial charge in [-0.25, -0.2) is 0 Å². The highest BCUT2D eigenvalue weighted by Crippen LogP contribution is 2.39. The van der Waals surface area contributed by atoms with Gasteiger partial charge in [0.05, 0.1) is 26.8 Å². The van der Waals surface area contributed by atoms with Gasteiger partial charge in [0.25, 0.3) is 0 Å². The van der Waals surface area contributed by atoms with E-state index in [9.17, 15) is 4.79 Å². The highest BCUT2D eigenvalue weighted by Gasteiger charge is 2.32. The quantitative estimate of drug-likeness (QED) is 0.592. The summed E-state index contributed by atoms with van der Waals surface area (Å²) in [4.78, 5) is 19.8. The van der Waals surface area contributed by atoms with E-state index in [-0.39, 0.29) is 11.9 Å². The number of nitrogens with zero attached hydrogens (tertiary/aromatic N) is 3. The van der Waals surface area contributed by atoms with E-state index in [1.165, 1.54) is 30.5 Å². The molecule has 1 amide bonds. The van der Waals surface area contributed by atoms with Gasteiger partial charge in [0.1, 0.15) is 11.5 Å². The maximum atomic E-state index is 13.2. The lowest BCUT2D eigenvalue weighted by molar-refractivity contribution is -0.133. The van der Waals surface area contributed by atoms with E-state index >= 15 is 0 Å². The Labute approximate surface area is 198 Å². The van der Waals surface area contributed by atoms with Gasteiger partial charge in [0.2, 0.25) is 5.91 Å². The van der Waals surface area contributed by atoms with Crippen LogP contribution in [0, 0.1) is 0 Å². The van der Waals surface area contributed by atoms with Crippen molar-refractivity contribution in [1.29, 1.82) is 0 Å². The number of piperidine rings is 1. The molecule has 6 heteroatoms. The molecule has 2 aromatic carbocycles. The first-order chi connectivity index (χ1) is 16.1. The van der Waals surface area contributed by atoms with Crippen molar-refractivity contribution in [1.82, 2.24) is 9.80 Å². The number of ether oxygens (including phenoxy) is 2. The van der Waals surface area contributed by atoms with Crippen LogP contribution in [0.15, 0.2) is 42.5 Å². The van der Waals surface area contributed by atoms with Gasteiger partial charge in [-0.1, -0.05) is 12.1 Å². The molecule has 0 spiro atoms. The van der Waals surface area contributed by atoms with Crippen LogP contribution in [0.4, 0.5) is 5.69 Å². The number of likely N-dealkylation sites (tertiary alicyclic amines) is 1. The van der Waals surface area contributed by atoms with Crippen molar-refractivity contribution < 1.29 is 14.3 Å². The molecule has 6 nitrogen and oxygen atoms in total. The van der Waals surface area contributed by atoms with Crippen molar-refractivity contribution in [2.45, 2.75) is 44.7 Å². The molecule has 4 rings (SSSR count). The minimum atomic E-state index is 0.0276. The normalized spacial score (nSPS) is 18.6. The van der Waals surface area contributed by atoms with E-state index in [1.807, 2.05) is 30.1 Å². The second-order valence-corrected chi connectivity index (χ2v) is 9.24. The number of hydrogen-bond donors (Lipinski definition) is 0. The first-order valence-electron chi connectivity index (χ1n) is 12.1. The maximum absolute atomic E-state index is 13.2. The van der Waals surface area contributed by atoms with Crippen LogP contribution in [-0.2, 0) is 11.3 Å².